The summed E-state index contributed by atoms with van der Waals surface area (Å²) in [7, 11) is -2.28. The topological polar surface area (TPSA) is 18.5 Å². The van der Waals surface area contributed by atoms with Crippen molar-refractivity contribution in [2.24, 2.45) is 11.8 Å². The minimum atomic E-state index is -2.28. The number of hydrogen-bond acceptors (Lipinski definition) is 2. The molecule has 3 heteroatoms. The van der Waals surface area contributed by atoms with E-state index in [1.807, 2.05) is 0 Å². The highest BCUT2D eigenvalue weighted by Crippen LogP contribution is 2.56. The minimum Gasteiger partial charge on any atom is -0.394 e. The van der Waals surface area contributed by atoms with Crippen LogP contribution in [-0.2, 0) is 8.85 Å². The number of hydrogen-bond donors (Lipinski definition) is 0. The van der Waals surface area contributed by atoms with E-state index >= 15 is 0 Å². The van der Waals surface area contributed by atoms with Gasteiger partial charge in [0.15, 0.2) is 0 Å². The minimum absolute atomic E-state index is 0.133. The van der Waals surface area contributed by atoms with E-state index in [0.717, 1.165) is 19.6 Å². The van der Waals surface area contributed by atoms with Crippen LogP contribution in [0, 0.1) is 11.8 Å². The summed E-state index contributed by atoms with van der Waals surface area (Å²) in [6, 6.07) is 0. The van der Waals surface area contributed by atoms with E-state index in [9.17, 15) is 0 Å². The molecule has 0 aromatic carbocycles. The molecule has 0 aliphatic rings. The third-order valence-corrected chi connectivity index (χ3v) is 10.9. The Labute approximate surface area is 122 Å². The zero-order valence-corrected chi connectivity index (χ0v) is 15.7. The first-order valence-corrected chi connectivity index (χ1v) is 9.91. The highest BCUT2D eigenvalue weighted by Gasteiger charge is 2.60. The second-order valence-corrected chi connectivity index (χ2v) is 10.4. The van der Waals surface area contributed by atoms with Crippen LogP contribution < -0.4 is 0 Å². The zero-order chi connectivity index (χ0) is 15.3. The Hall–Kier alpha value is 0.137. The smallest absolute Gasteiger partial charge is 0.347 e. The zero-order valence-electron chi connectivity index (χ0n) is 14.7. The van der Waals surface area contributed by atoms with Crippen molar-refractivity contribution in [1.82, 2.24) is 0 Å². The summed E-state index contributed by atoms with van der Waals surface area (Å²) in [4.78, 5) is 0. The van der Waals surface area contributed by atoms with Crippen molar-refractivity contribution in [1.29, 1.82) is 0 Å². The van der Waals surface area contributed by atoms with Crippen LogP contribution in [0.3, 0.4) is 0 Å². The van der Waals surface area contributed by atoms with E-state index < -0.39 is 8.56 Å². The van der Waals surface area contributed by atoms with Gasteiger partial charge in [0.1, 0.15) is 0 Å². The van der Waals surface area contributed by atoms with Gasteiger partial charge in [-0.15, -0.1) is 0 Å². The molecule has 0 rings (SSSR count). The van der Waals surface area contributed by atoms with Gasteiger partial charge in [0.2, 0.25) is 0 Å². The maximum atomic E-state index is 6.43. The van der Waals surface area contributed by atoms with E-state index in [1.165, 1.54) is 0 Å². The van der Waals surface area contributed by atoms with Crippen LogP contribution in [0.4, 0.5) is 0 Å². The fourth-order valence-electron chi connectivity index (χ4n) is 3.34. The van der Waals surface area contributed by atoms with Gasteiger partial charge in [0.05, 0.1) is 0 Å². The molecular formula is C16H36O2Si. The van der Waals surface area contributed by atoms with Crippen LogP contribution in [0.2, 0.25) is 10.6 Å². The predicted octanol–water partition coefficient (Wildman–Crippen LogP) is 5.37. The van der Waals surface area contributed by atoms with Gasteiger partial charge in [-0.2, -0.15) is 0 Å². The fourth-order valence-corrected chi connectivity index (χ4v) is 8.68. The average molecular weight is 289 g/mol. The Bertz CT molecular complexity index is 237. The first kappa shape index (κ1) is 19.1. The molecule has 0 aliphatic heterocycles. The summed E-state index contributed by atoms with van der Waals surface area (Å²) in [6.45, 7) is 22.0. The lowest BCUT2D eigenvalue weighted by Crippen LogP contribution is -2.59. The van der Waals surface area contributed by atoms with Crippen molar-refractivity contribution in [2.45, 2.75) is 79.3 Å². The lowest BCUT2D eigenvalue weighted by molar-refractivity contribution is 0.113. The van der Waals surface area contributed by atoms with Gasteiger partial charge in [-0.05, 0) is 25.7 Å². The summed E-state index contributed by atoms with van der Waals surface area (Å²) in [5.41, 5.74) is 0.516. The van der Waals surface area contributed by atoms with E-state index in [2.05, 4.69) is 62.3 Å². The van der Waals surface area contributed by atoms with Crippen LogP contribution in [0.15, 0.2) is 0 Å². The van der Waals surface area contributed by atoms with Crippen LogP contribution in [0.1, 0.15) is 68.7 Å². The molecule has 0 fully saturated rings. The van der Waals surface area contributed by atoms with Crippen molar-refractivity contribution < 1.29 is 8.85 Å². The Morgan fingerprint density at radius 2 is 1.21 bits per heavy atom. The molecule has 0 saturated heterocycles. The van der Waals surface area contributed by atoms with Crippen molar-refractivity contribution in [2.75, 3.05) is 13.2 Å². The quantitative estimate of drug-likeness (QED) is 0.531. The van der Waals surface area contributed by atoms with E-state index in [0.29, 0.717) is 17.4 Å². The summed E-state index contributed by atoms with van der Waals surface area (Å²) < 4.78 is 12.9. The third kappa shape index (κ3) is 3.42. The van der Waals surface area contributed by atoms with E-state index in [4.69, 9.17) is 8.85 Å². The first-order chi connectivity index (χ1) is 8.74. The number of rotatable bonds is 9. The molecule has 0 saturated carbocycles. The Kier molecular flexibility index (Phi) is 7.85. The molecule has 0 bridgehead atoms. The lowest BCUT2D eigenvalue weighted by atomic mass is 9.86. The van der Waals surface area contributed by atoms with E-state index in [1.54, 1.807) is 0 Å². The van der Waals surface area contributed by atoms with Crippen LogP contribution in [-0.4, -0.2) is 21.8 Å². The average Bonchev–Trinajstić information content (AvgIpc) is 2.35. The molecule has 0 spiro atoms. The fraction of sp³-hybridized carbons (Fsp3) is 1.00. The monoisotopic (exact) mass is 288 g/mol. The molecular weight excluding hydrogens is 252 g/mol. The maximum absolute atomic E-state index is 6.43. The van der Waals surface area contributed by atoms with Gasteiger partial charge in [-0.25, -0.2) is 0 Å². The molecule has 19 heavy (non-hydrogen) atoms. The molecule has 0 aliphatic carbocycles. The van der Waals surface area contributed by atoms with Gasteiger partial charge in [0.25, 0.3) is 0 Å². The molecule has 1 atom stereocenters. The molecule has 116 valence electrons. The molecule has 2 nitrogen and oxygen atoms in total. The summed E-state index contributed by atoms with van der Waals surface area (Å²) in [5, 5.41) is 0.133. The third-order valence-electron chi connectivity index (χ3n) is 5.13. The molecule has 0 aromatic rings. The first-order valence-electron chi connectivity index (χ1n) is 8.02. The van der Waals surface area contributed by atoms with Crippen molar-refractivity contribution >= 4 is 8.56 Å². The predicted molar refractivity (Wildman–Crippen MR) is 86.8 cm³/mol. The SMILES string of the molecule is CCO[Si](OCC)(C(C)CC)C(C)(C(C)C)C(C)C. The molecule has 0 radical (unpaired) electrons. The maximum Gasteiger partial charge on any atom is 0.347 e. The molecule has 0 aromatic heterocycles. The largest absolute Gasteiger partial charge is 0.394 e. The Balaban J connectivity index is 5.87. The molecule has 0 amide bonds. The highest BCUT2D eigenvalue weighted by atomic mass is 28.4. The summed E-state index contributed by atoms with van der Waals surface area (Å²) in [6.07, 6.45) is 1.13. The second-order valence-electron chi connectivity index (χ2n) is 6.43. The second kappa shape index (κ2) is 7.80. The molecule has 0 N–H and O–H groups in total. The van der Waals surface area contributed by atoms with Crippen LogP contribution >= 0.6 is 0 Å². The van der Waals surface area contributed by atoms with Crippen molar-refractivity contribution in [3.8, 4) is 0 Å². The van der Waals surface area contributed by atoms with Gasteiger partial charge in [-0.3, -0.25) is 0 Å². The standard InChI is InChI=1S/C16H36O2Si/c1-10-15(8)19(17-11-2,18-12-3)16(9,13(4)5)14(6)7/h13-15H,10-12H2,1-9H3. The lowest BCUT2D eigenvalue weighted by Gasteiger charge is -2.52. The summed E-state index contributed by atoms with van der Waals surface area (Å²) >= 11 is 0. The van der Waals surface area contributed by atoms with Gasteiger partial charge in [0, 0.05) is 23.8 Å². The Morgan fingerprint density at radius 3 is 1.42 bits per heavy atom. The molecule has 0 heterocycles. The van der Waals surface area contributed by atoms with Crippen LogP contribution in [0.25, 0.3) is 0 Å². The van der Waals surface area contributed by atoms with Gasteiger partial charge < -0.3 is 8.85 Å². The van der Waals surface area contributed by atoms with Crippen molar-refractivity contribution in [3.05, 3.63) is 0 Å². The van der Waals surface area contributed by atoms with Gasteiger partial charge >= 0.3 is 8.56 Å². The summed E-state index contributed by atoms with van der Waals surface area (Å²) in [5.74, 6) is 1.12. The van der Waals surface area contributed by atoms with Crippen LogP contribution in [0.5, 0.6) is 0 Å². The Morgan fingerprint density at radius 1 is 0.842 bits per heavy atom. The molecule has 1 unspecified atom stereocenters. The van der Waals surface area contributed by atoms with Gasteiger partial charge in [-0.1, -0.05) is 54.9 Å². The highest BCUT2D eigenvalue weighted by molar-refractivity contribution is 6.72. The van der Waals surface area contributed by atoms with Crippen molar-refractivity contribution in [3.63, 3.8) is 0 Å². The normalized spacial score (nSPS) is 15.3. The van der Waals surface area contributed by atoms with E-state index in [-0.39, 0.29) is 5.04 Å².